The zero-order valence-electron chi connectivity index (χ0n) is 15.2. The number of halogens is 1. The van der Waals surface area contributed by atoms with Gasteiger partial charge in [0.1, 0.15) is 16.2 Å². The molecule has 2 heterocycles. The zero-order chi connectivity index (χ0) is 19.4. The van der Waals surface area contributed by atoms with Crippen LogP contribution in [0.25, 0.3) is 53.9 Å². The summed E-state index contributed by atoms with van der Waals surface area (Å²) in [5.74, 6) is 0. The van der Waals surface area contributed by atoms with Crippen molar-refractivity contribution in [3.05, 3.63) is 90.0 Å². The first-order chi connectivity index (χ1) is 14.2. The maximum atomic E-state index is 6.10. The van der Waals surface area contributed by atoms with Crippen molar-refractivity contribution in [3.8, 4) is 21.7 Å². The number of thiazole rings is 1. The molecule has 0 aliphatic heterocycles. The number of nitrogens with zero attached hydrogens (tertiary/aromatic N) is 1. The fourth-order valence-corrected chi connectivity index (χ4v) is 4.88. The summed E-state index contributed by atoms with van der Waals surface area (Å²) < 4.78 is 7.15. The Bertz CT molecular complexity index is 1500. The molecule has 0 amide bonds. The zero-order valence-corrected chi connectivity index (χ0v) is 16.8. The molecule has 4 aromatic carbocycles. The van der Waals surface area contributed by atoms with Gasteiger partial charge in [-0.2, -0.15) is 0 Å². The molecule has 0 fully saturated rings. The van der Waals surface area contributed by atoms with Crippen molar-refractivity contribution in [2.45, 2.75) is 0 Å². The lowest BCUT2D eigenvalue weighted by Crippen LogP contribution is -1.79. The third kappa shape index (κ3) is 2.82. The maximum absolute atomic E-state index is 6.10. The number of hydrogen-bond acceptors (Lipinski definition) is 3. The Kier molecular flexibility index (Phi) is 3.73. The molecule has 4 heteroatoms. The SMILES string of the molecule is Clc1ccc2c(c1)oc1cc3nc(-c4ccc(-c5ccccc5)cc4)sc3cc12. The van der Waals surface area contributed by atoms with Gasteiger partial charge in [0.15, 0.2) is 0 Å². The van der Waals surface area contributed by atoms with Gasteiger partial charge in [0.25, 0.3) is 0 Å². The Hall–Kier alpha value is -3.14. The smallest absolute Gasteiger partial charge is 0.137 e. The van der Waals surface area contributed by atoms with E-state index in [0.29, 0.717) is 5.02 Å². The fourth-order valence-electron chi connectivity index (χ4n) is 3.73. The molecule has 0 unspecified atom stereocenters. The number of furan rings is 1. The Morgan fingerprint density at radius 3 is 2.24 bits per heavy atom. The molecule has 0 radical (unpaired) electrons. The molecule has 138 valence electrons. The normalized spacial score (nSPS) is 11.6. The summed E-state index contributed by atoms with van der Waals surface area (Å²) in [6.07, 6.45) is 0. The minimum absolute atomic E-state index is 0.678. The van der Waals surface area contributed by atoms with Gasteiger partial charge < -0.3 is 4.42 Å². The van der Waals surface area contributed by atoms with E-state index in [4.69, 9.17) is 21.0 Å². The van der Waals surface area contributed by atoms with Crippen molar-refractivity contribution < 1.29 is 4.42 Å². The van der Waals surface area contributed by atoms with Gasteiger partial charge in [0.2, 0.25) is 0 Å². The summed E-state index contributed by atoms with van der Waals surface area (Å²) in [7, 11) is 0. The van der Waals surface area contributed by atoms with Gasteiger partial charge in [-0.25, -0.2) is 4.98 Å². The van der Waals surface area contributed by atoms with E-state index in [1.165, 1.54) is 11.1 Å². The minimum atomic E-state index is 0.678. The molecule has 0 saturated carbocycles. The predicted molar refractivity (Wildman–Crippen MR) is 123 cm³/mol. The lowest BCUT2D eigenvalue weighted by molar-refractivity contribution is 0.669. The molecule has 0 saturated heterocycles. The second-order valence-corrected chi connectivity index (χ2v) is 8.49. The molecular formula is C25H14ClNOS. The number of aromatic nitrogens is 1. The molecule has 2 aromatic heterocycles. The Morgan fingerprint density at radius 1 is 0.690 bits per heavy atom. The van der Waals surface area contributed by atoms with Crippen LogP contribution in [0.1, 0.15) is 0 Å². The van der Waals surface area contributed by atoms with E-state index in [1.807, 2.05) is 30.3 Å². The highest BCUT2D eigenvalue weighted by Gasteiger charge is 2.13. The van der Waals surface area contributed by atoms with Gasteiger partial charge in [-0.05, 0) is 29.3 Å². The van der Waals surface area contributed by atoms with Crippen LogP contribution in [-0.4, -0.2) is 4.98 Å². The Balaban J connectivity index is 1.44. The molecule has 29 heavy (non-hydrogen) atoms. The number of hydrogen-bond donors (Lipinski definition) is 0. The van der Waals surface area contributed by atoms with Crippen molar-refractivity contribution >= 4 is 55.1 Å². The van der Waals surface area contributed by atoms with Crippen molar-refractivity contribution in [3.63, 3.8) is 0 Å². The van der Waals surface area contributed by atoms with Gasteiger partial charge in [-0.1, -0.05) is 66.2 Å². The average molecular weight is 412 g/mol. The lowest BCUT2D eigenvalue weighted by atomic mass is 10.0. The predicted octanol–water partition coefficient (Wildman–Crippen LogP) is 8.18. The molecule has 6 rings (SSSR count). The number of benzene rings is 4. The summed E-state index contributed by atoms with van der Waals surface area (Å²) in [6, 6.07) is 29.0. The molecule has 0 aliphatic rings. The van der Waals surface area contributed by atoms with Crippen LogP contribution in [0, 0.1) is 0 Å². The number of rotatable bonds is 2. The van der Waals surface area contributed by atoms with E-state index < -0.39 is 0 Å². The van der Waals surface area contributed by atoms with Crippen LogP contribution in [0.4, 0.5) is 0 Å². The van der Waals surface area contributed by atoms with Gasteiger partial charge in [0, 0.05) is 33.5 Å². The van der Waals surface area contributed by atoms with Crippen LogP contribution in [0.3, 0.4) is 0 Å². The van der Waals surface area contributed by atoms with E-state index in [0.717, 1.165) is 42.7 Å². The topological polar surface area (TPSA) is 26.0 Å². The summed E-state index contributed by atoms with van der Waals surface area (Å²) in [4.78, 5) is 4.86. The summed E-state index contributed by atoms with van der Waals surface area (Å²) in [6.45, 7) is 0. The first-order valence-corrected chi connectivity index (χ1v) is 10.5. The summed E-state index contributed by atoms with van der Waals surface area (Å²) in [5.41, 5.74) is 6.15. The first-order valence-electron chi connectivity index (χ1n) is 9.33. The Morgan fingerprint density at radius 2 is 1.41 bits per heavy atom. The van der Waals surface area contributed by atoms with Gasteiger partial charge >= 0.3 is 0 Å². The summed E-state index contributed by atoms with van der Waals surface area (Å²) in [5, 5.41) is 3.87. The first kappa shape index (κ1) is 16.8. The van der Waals surface area contributed by atoms with Crippen molar-refractivity contribution in [1.82, 2.24) is 4.98 Å². The molecule has 0 atom stereocenters. The highest BCUT2D eigenvalue weighted by atomic mass is 35.5. The highest BCUT2D eigenvalue weighted by Crippen LogP contribution is 2.37. The fraction of sp³-hybridized carbons (Fsp3) is 0. The van der Waals surface area contributed by atoms with Crippen molar-refractivity contribution in [2.24, 2.45) is 0 Å². The van der Waals surface area contributed by atoms with Crippen LogP contribution < -0.4 is 0 Å². The third-order valence-electron chi connectivity index (χ3n) is 5.18. The van der Waals surface area contributed by atoms with Crippen LogP contribution in [0.2, 0.25) is 5.02 Å². The Labute approximate surface area is 176 Å². The highest BCUT2D eigenvalue weighted by molar-refractivity contribution is 7.21. The maximum Gasteiger partial charge on any atom is 0.137 e. The standard InChI is InChI=1S/C25H14ClNOS/c26-18-10-11-19-20-13-24-21(14-23(20)28-22(19)12-18)27-25(29-24)17-8-6-16(7-9-17)15-4-2-1-3-5-15/h1-14H. The van der Waals surface area contributed by atoms with E-state index in [2.05, 4.69) is 54.6 Å². The summed E-state index contributed by atoms with van der Waals surface area (Å²) >= 11 is 7.80. The average Bonchev–Trinajstić information content (AvgIpc) is 3.32. The van der Waals surface area contributed by atoms with E-state index >= 15 is 0 Å². The monoisotopic (exact) mass is 411 g/mol. The van der Waals surface area contributed by atoms with E-state index in [-0.39, 0.29) is 0 Å². The van der Waals surface area contributed by atoms with Gasteiger partial charge in [-0.15, -0.1) is 11.3 Å². The quantitative estimate of drug-likeness (QED) is 0.287. The second-order valence-electron chi connectivity index (χ2n) is 7.02. The molecule has 0 aliphatic carbocycles. The van der Waals surface area contributed by atoms with Crippen molar-refractivity contribution in [1.29, 1.82) is 0 Å². The lowest BCUT2D eigenvalue weighted by Gasteiger charge is -2.02. The third-order valence-corrected chi connectivity index (χ3v) is 6.48. The molecule has 0 bridgehead atoms. The van der Waals surface area contributed by atoms with Gasteiger partial charge in [-0.3, -0.25) is 0 Å². The number of fused-ring (bicyclic) bond motifs is 4. The van der Waals surface area contributed by atoms with Crippen molar-refractivity contribution in [2.75, 3.05) is 0 Å². The van der Waals surface area contributed by atoms with Crippen LogP contribution in [0.5, 0.6) is 0 Å². The molecule has 0 N–H and O–H groups in total. The minimum Gasteiger partial charge on any atom is -0.456 e. The molecule has 0 spiro atoms. The second kappa shape index (κ2) is 6.45. The van der Waals surface area contributed by atoms with E-state index in [9.17, 15) is 0 Å². The van der Waals surface area contributed by atoms with Crippen LogP contribution >= 0.6 is 22.9 Å². The molecular weight excluding hydrogens is 398 g/mol. The molecule has 6 aromatic rings. The van der Waals surface area contributed by atoms with Gasteiger partial charge in [0.05, 0.1) is 10.2 Å². The largest absolute Gasteiger partial charge is 0.456 e. The van der Waals surface area contributed by atoms with E-state index in [1.54, 1.807) is 11.3 Å². The van der Waals surface area contributed by atoms with Crippen LogP contribution in [0.15, 0.2) is 89.3 Å². The molecule has 2 nitrogen and oxygen atoms in total. The van der Waals surface area contributed by atoms with Crippen LogP contribution in [-0.2, 0) is 0 Å².